The molecule has 188 valence electrons. The molecule has 5 rings (SSSR count). The number of aliphatic carboxylic acids is 1. The van der Waals surface area contributed by atoms with Crippen molar-refractivity contribution in [3.05, 3.63) is 135 Å². The first-order chi connectivity index (χ1) is 17.9. The van der Waals surface area contributed by atoms with Crippen molar-refractivity contribution in [1.82, 2.24) is 4.90 Å². The molecule has 0 saturated carbocycles. The molecule has 2 aliphatic rings. The lowest BCUT2D eigenvalue weighted by atomic mass is 9.65. The smallest absolute Gasteiger partial charge is 0.310 e. The van der Waals surface area contributed by atoms with Crippen molar-refractivity contribution in [2.45, 2.75) is 38.3 Å². The highest BCUT2D eigenvalue weighted by atomic mass is 16.6. The summed E-state index contributed by atoms with van der Waals surface area (Å²) in [6, 6.07) is 23.6. The van der Waals surface area contributed by atoms with E-state index in [0.717, 1.165) is 42.8 Å². The third kappa shape index (κ3) is 4.85. The largest absolute Gasteiger partial charge is 0.481 e. The lowest BCUT2D eigenvalue weighted by Crippen LogP contribution is -2.35. The van der Waals surface area contributed by atoms with Crippen LogP contribution in [0.1, 0.15) is 41.2 Å². The SMILES string of the molecule is CC(C(=O)O)C1=CC=CC(c2ccc([N+](=O)[O-])cc2)(c2cccc3c2CCN(Cc2ccccc2)C3)C1. The summed E-state index contributed by atoms with van der Waals surface area (Å²) in [5.74, 6) is -1.48. The molecule has 0 radical (unpaired) electrons. The highest BCUT2D eigenvalue weighted by Gasteiger charge is 2.39. The van der Waals surface area contributed by atoms with Gasteiger partial charge >= 0.3 is 5.97 Å². The Bertz CT molecular complexity index is 1380. The van der Waals surface area contributed by atoms with Crippen LogP contribution in [0.2, 0.25) is 0 Å². The summed E-state index contributed by atoms with van der Waals surface area (Å²) in [5, 5.41) is 21.1. The lowest BCUT2D eigenvalue weighted by molar-refractivity contribution is -0.384. The van der Waals surface area contributed by atoms with Crippen molar-refractivity contribution in [2.75, 3.05) is 6.54 Å². The molecule has 0 aromatic heterocycles. The molecule has 37 heavy (non-hydrogen) atoms. The van der Waals surface area contributed by atoms with Gasteiger partial charge in [0.2, 0.25) is 0 Å². The van der Waals surface area contributed by atoms with E-state index in [1.54, 1.807) is 19.1 Å². The molecule has 0 bridgehead atoms. The maximum absolute atomic E-state index is 11.9. The van der Waals surface area contributed by atoms with E-state index in [1.807, 2.05) is 30.4 Å². The average Bonchev–Trinajstić information content (AvgIpc) is 2.92. The van der Waals surface area contributed by atoms with Crippen molar-refractivity contribution in [3.63, 3.8) is 0 Å². The zero-order valence-corrected chi connectivity index (χ0v) is 20.8. The van der Waals surface area contributed by atoms with E-state index in [-0.39, 0.29) is 5.69 Å². The molecule has 3 aromatic carbocycles. The van der Waals surface area contributed by atoms with Gasteiger partial charge in [0, 0.05) is 37.2 Å². The number of carboxylic acid groups (broad SMARTS) is 1. The number of nitrogens with zero attached hydrogens (tertiary/aromatic N) is 2. The highest BCUT2D eigenvalue weighted by molar-refractivity contribution is 5.74. The third-order valence-electron chi connectivity index (χ3n) is 7.77. The van der Waals surface area contributed by atoms with Crippen LogP contribution in [0, 0.1) is 16.0 Å². The molecule has 2 atom stereocenters. The highest BCUT2D eigenvalue weighted by Crippen LogP contribution is 2.46. The Balaban J connectivity index is 1.56. The number of allylic oxidation sites excluding steroid dienone is 3. The maximum atomic E-state index is 11.9. The summed E-state index contributed by atoms with van der Waals surface area (Å²) in [4.78, 5) is 25.3. The predicted molar refractivity (Wildman–Crippen MR) is 143 cm³/mol. The first kappa shape index (κ1) is 24.7. The molecule has 6 nitrogen and oxygen atoms in total. The van der Waals surface area contributed by atoms with Gasteiger partial charge in [0.15, 0.2) is 0 Å². The fourth-order valence-electron chi connectivity index (χ4n) is 5.71. The summed E-state index contributed by atoms with van der Waals surface area (Å²) >= 11 is 0. The molecule has 0 saturated heterocycles. The second kappa shape index (κ2) is 10.1. The second-order valence-corrected chi connectivity index (χ2v) is 10.0. The molecule has 0 spiro atoms. The molecule has 1 heterocycles. The third-order valence-corrected chi connectivity index (χ3v) is 7.77. The van der Waals surface area contributed by atoms with Crippen LogP contribution in [0.25, 0.3) is 0 Å². The fraction of sp³-hybridized carbons (Fsp3) is 0.258. The van der Waals surface area contributed by atoms with E-state index in [1.165, 1.54) is 16.7 Å². The van der Waals surface area contributed by atoms with Crippen molar-refractivity contribution in [2.24, 2.45) is 5.92 Å². The monoisotopic (exact) mass is 494 g/mol. The average molecular weight is 495 g/mol. The first-order valence-electron chi connectivity index (χ1n) is 12.6. The molecule has 2 unspecified atom stereocenters. The van der Waals surface area contributed by atoms with Gasteiger partial charge in [-0.3, -0.25) is 19.8 Å². The zero-order valence-electron chi connectivity index (χ0n) is 20.8. The molecular formula is C31H30N2O4. The summed E-state index contributed by atoms with van der Waals surface area (Å²) in [6.07, 6.45) is 7.38. The van der Waals surface area contributed by atoms with Crippen LogP contribution in [-0.2, 0) is 29.7 Å². The molecule has 1 N–H and O–H groups in total. The van der Waals surface area contributed by atoms with Gasteiger partial charge in [-0.1, -0.05) is 84.5 Å². The van der Waals surface area contributed by atoms with Crippen LogP contribution in [0.5, 0.6) is 0 Å². The Hall–Kier alpha value is -4.03. The van der Waals surface area contributed by atoms with E-state index in [9.17, 15) is 20.0 Å². The van der Waals surface area contributed by atoms with Crippen LogP contribution in [0.4, 0.5) is 5.69 Å². The molecule has 0 fully saturated rings. The van der Waals surface area contributed by atoms with Gasteiger partial charge in [-0.15, -0.1) is 0 Å². The molecule has 0 amide bonds. The maximum Gasteiger partial charge on any atom is 0.310 e. The number of hydrogen-bond acceptors (Lipinski definition) is 4. The fourth-order valence-corrected chi connectivity index (χ4v) is 5.71. The van der Waals surface area contributed by atoms with Gasteiger partial charge in [-0.2, -0.15) is 0 Å². The molecule has 1 aliphatic carbocycles. The summed E-state index contributed by atoms with van der Waals surface area (Å²) in [7, 11) is 0. The van der Waals surface area contributed by atoms with E-state index < -0.39 is 22.2 Å². The van der Waals surface area contributed by atoms with Crippen molar-refractivity contribution < 1.29 is 14.8 Å². The number of carboxylic acids is 1. The van der Waals surface area contributed by atoms with E-state index in [4.69, 9.17) is 0 Å². The minimum absolute atomic E-state index is 0.0417. The summed E-state index contributed by atoms with van der Waals surface area (Å²) in [6.45, 7) is 4.37. The topological polar surface area (TPSA) is 83.7 Å². The van der Waals surface area contributed by atoms with Gasteiger partial charge in [-0.05, 0) is 47.6 Å². The van der Waals surface area contributed by atoms with Crippen LogP contribution < -0.4 is 0 Å². The van der Waals surface area contributed by atoms with Crippen molar-refractivity contribution >= 4 is 11.7 Å². The van der Waals surface area contributed by atoms with Crippen molar-refractivity contribution in [3.8, 4) is 0 Å². The first-order valence-corrected chi connectivity index (χ1v) is 12.6. The number of nitro benzene ring substituents is 1. The Morgan fingerprint density at radius 2 is 1.84 bits per heavy atom. The van der Waals surface area contributed by atoms with E-state index in [0.29, 0.717) is 6.42 Å². The Morgan fingerprint density at radius 1 is 1.08 bits per heavy atom. The number of carbonyl (C=O) groups is 1. The summed E-state index contributed by atoms with van der Waals surface area (Å²) < 4.78 is 0. The van der Waals surface area contributed by atoms with Gasteiger partial charge in [0.05, 0.1) is 10.8 Å². The van der Waals surface area contributed by atoms with Crippen LogP contribution in [0.3, 0.4) is 0 Å². The minimum atomic E-state index is -0.856. The number of rotatable bonds is 7. The van der Waals surface area contributed by atoms with E-state index >= 15 is 0 Å². The standard InChI is InChI=1S/C31H30N2O4/c1-22(30(34)35)24-10-6-17-31(19-24,26-12-14-27(15-13-26)33(36)37)29-11-5-9-25-21-32(18-16-28(25)29)20-23-7-3-2-4-8-23/h2-15,17,22H,16,18-21H2,1H3,(H,34,35). The molecular weight excluding hydrogens is 464 g/mol. The minimum Gasteiger partial charge on any atom is -0.481 e. The van der Waals surface area contributed by atoms with Gasteiger partial charge in [-0.25, -0.2) is 0 Å². The summed E-state index contributed by atoms with van der Waals surface area (Å²) in [5.41, 5.74) is 6.21. The number of hydrogen-bond donors (Lipinski definition) is 1. The Kier molecular flexibility index (Phi) is 6.76. The predicted octanol–water partition coefficient (Wildman–Crippen LogP) is 6.05. The zero-order chi connectivity index (χ0) is 26.0. The number of fused-ring (bicyclic) bond motifs is 1. The molecule has 6 heteroatoms. The Labute approximate surface area is 216 Å². The molecule has 3 aromatic rings. The van der Waals surface area contributed by atoms with Crippen LogP contribution >= 0.6 is 0 Å². The van der Waals surface area contributed by atoms with Gasteiger partial charge < -0.3 is 5.11 Å². The van der Waals surface area contributed by atoms with Crippen LogP contribution in [-0.4, -0.2) is 27.4 Å². The number of non-ortho nitro benzene ring substituents is 1. The number of nitro groups is 1. The lowest BCUT2D eigenvalue weighted by Gasteiger charge is -2.40. The van der Waals surface area contributed by atoms with Crippen LogP contribution in [0.15, 0.2) is 96.6 Å². The molecule has 1 aliphatic heterocycles. The quantitative estimate of drug-likeness (QED) is 0.319. The Morgan fingerprint density at radius 3 is 2.54 bits per heavy atom. The van der Waals surface area contributed by atoms with Gasteiger partial charge in [0.1, 0.15) is 0 Å². The normalized spacial score (nSPS) is 20.1. The van der Waals surface area contributed by atoms with E-state index in [2.05, 4.69) is 53.4 Å². The van der Waals surface area contributed by atoms with Gasteiger partial charge in [0.25, 0.3) is 5.69 Å². The number of benzene rings is 3. The second-order valence-electron chi connectivity index (χ2n) is 10.0. The van der Waals surface area contributed by atoms with Crippen molar-refractivity contribution in [1.29, 1.82) is 0 Å².